The van der Waals surface area contributed by atoms with Gasteiger partial charge in [-0.1, -0.05) is 18.2 Å². The molecule has 200 valence electrons. The summed E-state index contributed by atoms with van der Waals surface area (Å²) in [5, 5.41) is 23.5. The number of carbonyl (C=O) groups is 2. The van der Waals surface area contributed by atoms with Crippen LogP contribution in [0.2, 0.25) is 0 Å². The van der Waals surface area contributed by atoms with Gasteiger partial charge in [-0.25, -0.2) is 0 Å². The minimum absolute atomic E-state index is 0.140. The van der Waals surface area contributed by atoms with Crippen LogP contribution in [0.3, 0.4) is 0 Å². The van der Waals surface area contributed by atoms with Gasteiger partial charge < -0.3 is 10.6 Å². The minimum atomic E-state index is -0.288. The van der Waals surface area contributed by atoms with Gasteiger partial charge in [-0.2, -0.15) is 15.5 Å². The van der Waals surface area contributed by atoms with Crippen molar-refractivity contribution in [2.45, 2.75) is 45.7 Å². The highest BCUT2D eigenvalue weighted by Gasteiger charge is 2.18. The number of aryl methyl sites for hydroxylation is 3. The number of nitrogens with zero attached hydrogens (tertiary/aromatic N) is 5. The van der Waals surface area contributed by atoms with Crippen molar-refractivity contribution < 1.29 is 9.59 Å². The second kappa shape index (κ2) is 12.7. The first-order valence-electron chi connectivity index (χ1n) is 13.1. The van der Waals surface area contributed by atoms with Gasteiger partial charge in [-0.05, 0) is 67.3 Å². The second-order valence-corrected chi connectivity index (χ2v) is 9.41. The maximum atomic E-state index is 13.4. The molecular formula is C30H33N7O2. The fraction of sp³-hybridized carbons (Fsp3) is 0.300. The summed E-state index contributed by atoms with van der Waals surface area (Å²) in [4.78, 5) is 25.5. The number of hydrogen-bond donors (Lipinski definition) is 2. The highest BCUT2D eigenvalue weighted by atomic mass is 16.2. The number of aromatic nitrogens is 4. The summed E-state index contributed by atoms with van der Waals surface area (Å²) in [5.41, 5.74) is 6.08. The van der Waals surface area contributed by atoms with Crippen molar-refractivity contribution in [1.82, 2.24) is 30.2 Å². The number of nitrogens with one attached hydrogen (secondary N) is 2. The Labute approximate surface area is 228 Å². The SMILES string of the molecule is CCn1ccc(-c2cc(-c3cnn(C)c3)cc([C@@H](C)NC(=O)c3ccccc3CCC(=O)NCCC#N)c2)n1. The van der Waals surface area contributed by atoms with Crippen LogP contribution in [0.25, 0.3) is 22.4 Å². The van der Waals surface area contributed by atoms with E-state index in [2.05, 4.69) is 39.0 Å². The Hall–Kier alpha value is -4.71. The molecule has 0 unspecified atom stereocenters. The molecule has 0 saturated carbocycles. The molecule has 0 spiro atoms. The maximum absolute atomic E-state index is 13.4. The zero-order chi connectivity index (χ0) is 27.8. The number of benzene rings is 2. The largest absolute Gasteiger partial charge is 0.355 e. The molecule has 2 N–H and O–H groups in total. The van der Waals surface area contributed by atoms with E-state index in [1.165, 1.54) is 0 Å². The van der Waals surface area contributed by atoms with Gasteiger partial charge in [-0.15, -0.1) is 0 Å². The zero-order valence-electron chi connectivity index (χ0n) is 22.5. The molecule has 2 amide bonds. The van der Waals surface area contributed by atoms with Crippen molar-refractivity contribution in [2.75, 3.05) is 6.54 Å². The molecular weight excluding hydrogens is 490 g/mol. The Balaban J connectivity index is 1.55. The van der Waals surface area contributed by atoms with Crippen molar-refractivity contribution in [3.8, 4) is 28.5 Å². The highest BCUT2D eigenvalue weighted by molar-refractivity contribution is 5.96. The van der Waals surface area contributed by atoms with Gasteiger partial charge in [0.15, 0.2) is 0 Å². The zero-order valence-corrected chi connectivity index (χ0v) is 22.5. The topological polar surface area (TPSA) is 118 Å². The molecule has 2 aromatic carbocycles. The first-order valence-corrected chi connectivity index (χ1v) is 13.1. The second-order valence-electron chi connectivity index (χ2n) is 9.41. The van der Waals surface area contributed by atoms with Crippen molar-refractivity contribution in [2.24, 2.45) is 7.05 Å². The van der Waals surface area contributed by atoms with Crippen LogP contribution in [-0.2, 0) is 24.8 Å². The molecule has 1 atom stereocenters. The Morgan fingerprint density at radius 2 is 1.90 bits per heavy atom. The molecule has 39 heavy (non-hydrogen) atoms. The van der Waals surface area contributed by atoms with Crippen LogP contribution in [0.1, 0.15) is 54.2 Å². The fourth-order valence-corrected chi connectivity index (χ4v) is 4.39. The molecule has 0 aliphatic heterocycles. The molecule has 2 heterocycles. The average molecular weight is 524 g/mol. The monoisotopic (exact) mass is 523 g/mol. The third kappa shape index (κ3) is 6.99. The number of hydrogen-bond acceptors (Lipinski definition) is 5. The first kappa shape index (κ1) is 27.3. The smallest absolute Gasteiger partial charge is 0.252 e. The van der Waals surface area contributed by atoms with Crippen LogP contribution < -0.4 is 10.6 Å². The Morgan fingerprint density at radius 1 is 1.10 bits per heavy atom. The molecule has 2 aromatic heterocycles. The van der Waals surface area contributed by atoms with E-state index in [-0.39, 0.29) is 30.7 Å². The third-order valence-corrected chi connectivity index (χ3v) is 6.54. The third-order valence-electron chi connectivity index (χ3n) is 6.54. The van der Waals surface area contributed by atoms with Gasteiger partial charge in [0.05, 0.1) is 30.4 Å². The lowest BCUT2D eigenvalue weighted by atomic mass is 9.96. The van der Waals surface area contributed by atoms with E-state index in [9.17, 15) is 9.59 Å². The summed E-state index contributed by atoms with van der Waals surface area (Å²) in [6, 6.07) is 17.3. The summed E-state index contributed by atoms with van der Waals surface area (Å²) < 4.78 is 3.65. The van der Waals surface area contributed by atoms with E-state index in [1.54, 1.807) is 10.7 Å². The summed E-state index contributed by atoms with van der Waals surface area (Å²) >= 11 is 0. The van der Waals surface area contributed by atoms with Crippen LogP contribution >= 0.6 is 0 Å². The van der Waals surface area contributed by atoms with Crippen LogP contribution in [0, 0.1) is 11.3 Å². The van der Waals surface area contributed by atoms with Crippen LogP contribution in [0.15, 0.2) is 67.1 Å². The Morgan fingerprint density at radius 3 is 2.62 bits per heavy atom. The maximum Gasteiger partial charge on any atom is 0.252 e. The van der Waals surface area contributed by atoms with Crippen molar-refractivity contribution in [3.63, 3.8) is 0 Å². The number of carbonyl (C=O) groups excluding carboxylic acids is 2. The molecule has 0 aliphatic rings. The number of rotatable bonds is 11. The molecule has 4 rings (SSSR count). The van der Waals surface area contributed by atoms with E-state index >= 15 is 0 Å². The van der Waals surface area contributed by atoms with E-state index in [0.29, 0.717) is 18.5 Å². The Bertz CT molecular complexity index is 1490. The molecule has 0 bridgehead atoms. The van der Waals surface area contributed by atoms with E-state index in [1.807, 2.05) is 74.5 Å². The standard InChI is InChI=1S/C30H33N7O2/c1-4-37-15-12-28(35-37)25-17-23(16-24(18-25)26-19-33-36(3)20-26)21(2)34-30(39)27-9-6-5-8-22(27)10-11-29(38)32-14-7-13-31/h5-6,8-9,12,15-21H,4,7,10-11,14H2,1-3H3,(H,32,38)(H,34,39)/t21-/m1/s1. The normalized spacial score (nSPS) is 11.5. The van der Waals surface area contributed by atoms with Crippen molar-refractivity contribution in [3.05, 3.63) is 83.8 Å². The summed E-state index contributed by atoms with van der Waals surface area (Å²) in [6.07, 6.45) is 6.68. The summed E-state index contributed by atoms with van der Waals surface area (Å²) in [7, 11) is 1.88. The quantitative estimate of drug-likeness (QED) is 0.282. The van der Waals surface area contributed by atoms with Gasteiger partial charge in [0, 0.05) is 55.6 Å². The summed E-state index contributed by atoms with van der Waals surface area (Å²) in [5.74, 6) is -0.342. The molecule has 0 fully saturated rings. The molecule has 0 radical (unpaired) electrons. The van der Waals surface area contributed by atoms with Gasteiger partial charge >= 0.3 is 0 Å². The van der Waals surface area contributed by atoms with Crippen LogP contribution in [0.5, 0.6) is 0 Å². The first-order chi connectivity index (χ1) is 18.9. The number of amides is 2. The van der Waals surface area contributed by atoms with Gasteiger partial charge in [0.2, 0.25) is 5.91 Å². The molecule has 0 saturated heterocycles. The lowest BCUT2D eigenvalue weighted by Gasteiger charge is -2.18. The highest BCUT2D eigenvalue weighted by Crippen LogP contribution is 2.30. The predicted molar refractivity (Wildman–Crippen MR) is 149 cm³/mol. The van der Waals surface area contributed by atoms with Crippen molar-refractivity contribution >= 4 is 11.8 Å². The molecule has 9 nitrogen and oxygen atoms in total. The Kier molecular flexibility index (Phi) is 8.90. The predicted octanol–water partition coefficient (Wildman–Crippen LogP) is 4.42. The number of nitriles is 1. The van der Waals surface area contributed by atoms with E-state index in [4.69, 9.17) is 5.26 Å². The van der Waals surface area contributed by atoms with Gasteiger partial charge in [0.25, 0.3) is 5.91 Å². The molecule has 0 aliphatic carbocycles. The van der Waals surface area contributed by atoms with Crippen LogP contribution in [-0.4, -0.2) is 37.9 Å². The molecule has 9 heteroatoms. The van der Waals surface area contributed by atoms with Crippen molar-refractivity contribution in [1.29, 1.82) is 5.26 Å². The summed E-state index contributed by atoms with van der Waals surface area (Å²) in [6.45, 7) is 5.11. The lowest BCUT2D eigenvalue weighted by molar-refractivity contribution is -0.121. The van der Waals surface area contributed by atoms with E-state index in [0.717, 1.165) is 40.1 Å². The van der Waals surface area contributed by atoms with Gasteiger partial charge in [0.1, 0.15) is 0 Å². The fourth-order valence-electron chi connectivity index (χ4n) is 4.39. The van der Waals surface area contributed by atoms with E-state index < -0.39 is 0 Å². The average Bonchev–Trinajstić information content (AvgIpc) is 3.61. The van der Waals surface area contributed by atoms with Crippen LogP contribution in [0.4, 0.5) is 0 Å². The lowest BCUT2D eigenvalue weighted by Crippen LogP contribution is -2.28. The van der Waals surface area contributed by atoms with Gasteiger partial charge in [-0.3, -0.25) is 19.0 Å². The molecule has 4 aromatic rings. The minimum Gasteiger partial charge on any atom is -0.355 e.